The lowest BCUT2D eigenvalue weighted by atomic mass is 10.1. The SMILES string of the molecule is CCn1nc(C)c([C@@H](C)NC(=O)Nc2ccc(C(=O)N(C)C)cc2C)c1C. The Morgan fingerprint density at radius 2 is 1.89 bits per heavy atom. The van der Waals surface area contributed by atoms with Gasteiger partial charge in [-0.1, -0.05) is 0 Å². The molecule has 0 saturated heterocycles. The van der Waals surface area contributed by atoms with Crippen molar-refractivity contribution in [3.05, 3.63) is 46.3 Å². The second-order valence-electron chi connectivity index (χ2n) is 6.95. The average Bonchev–Trinajstić information content (AvgIpc) is 2.89. The van der Waals surface area contributed by atoms with Crippen molar-refractivity contribution in [2.75, 3.05) is 19.4 Å². The molecule has 2 aromatic rings. The zero-order chi connectivity index (χ0) is 20.3. The third-order valence-electron chi connectivity index (χ3n) is 4.65. The van der Waals surface area contributed by atoms with Gasteiger partial charge in [0, 0.05) is 43.1 Å². The molecule has 27 heavy (non-hydrogen) atoms. The Kier molecular flexibility index (Phi) is 6.25. The highest BCUT2D eigenvalue weighted by molar-refractivity contribution is 5.96. The van der Waals surface area contributed by atoms with E-state index in [1.165, 1.54) is 4.90 Å². The normalized spacial score (nSPS) is 11.8. The van der Waals surface area contributed by atoms with Crippen LogP contribution in [0, 0.1) is 20.8 Å². The quantitative estimate of drug-likeness (QED) is 0.845. The van der Waals surface area contributed by atoms with Crippen LogP contribution in [0.3, 0.4) is 0 Å². The van der Waals surface area contributed by atoms with Crippen LogP contribution in [0.4, 0.5) is 10.5 Å². The van der Waals surface area contributed by atoms with Gasteiger partial charge in [0.25, 0.3) is 5.91 Å². The van der Waals surface area contributed by atoms with Gasteiger partial charge in [-0.3, -0.25) is 9.48 Å². The second-order valence-corrected chi connectivity index (χ2v) is 6.95. The van der Waals surface area contributed by atoms with Gasteiger partial charge in [0.1, 0.15) is 0 Å². The third kappa shape index (κ3) is 4.48. The molecule has 0 fully saturated rings. The van der Waals surface area contributed by atoms with Crippen molar-refractivity contribution in [1.29, 1.82) is 0 Å². The van der Waals surface area contributed by atoms with Crippen molar-refractivity contribution in [3.63, 3.8) is 0 Å². The number of aryl methyl sites for hydroxylation is 3. The van der Waals surface area contributed by atoms with Crippen LogP contribution in [0.15, 0.2) is 18.2 Å². The summed E-state index contributed by atoms with van der Waals surface area (Å²) >= 11 is 0. The first-order valence-corrected chi connectivity index (χ1v) is 9.09. The maximum atomic E-state index is 12.4. The Hall–Kier alpha value is -2.83. The standard InChI is InChI=1S/C20H29N5O2/c1-8-25-15(5)18(14(4)23-25)13(3)21-20(27)22-17-10-9-16(11-12(17)2)19(26)24(6)7/h9-11,13H,8H2,1-7H3,(H2,21,22,27)/t13-/m1/s1. The van der Waals surface area contributed by atoms with Gasteiger partial charge < -0.3 is 15.5 Å². The monoisotopic (exact) mass is 371 g/mol. The molecule has 7 heteroatoms. The molecule has 0 radical (unpaired) electrons. The van der Waals surface area contributed by atoms with Gasteiger partial charge in [0.2, 0.25) is 0 Å². The molecule has 1 atom stereocenters. The number of hydrogen-bond acceptors (Lipinski definition) is 3. The number of nitrogens with one attached hydrogen (secondary N) is 2. The number of aromatic nitrogens is 2. The smallest absolute Gasteiger partial charge is 0.319 e. The third-order valence-corrected chi connectivity index (χ3v) is 4.65. The summed E-state index contributed by atoms with van der Waals surface area (Å²) in [5.74, 6) is -0.0680. The van der Waals surface area contributed by atoms with E-state index >= 15 is 0 Å². The van der Waals surface area contributed by atoms with E-state index in [1.54, 1.807) is 32.3 Å². The van der Waals surface area contributed by atoms with Gasteiger partial charge in [-0.15, -0.1) is 0 Å². The lowest BCUT2D eigenvalue weighted by Crippen LogP contribution is -2.32. The van der Waals surface area contributed by atoms with Crippen molar-refractivity contribution in [1.82, 2.24) is 20.0 Å². The molecule has 0 spiro atoms. The van der Waals surface area contributed by atoms with Gasteiger partial charge in [-0.25, -0.2) is 4.79 Å². The molecule has 0 aliphatic carbocycles. The maximum Gasteiger partial charge on any atom is 0.319 e. The average molecular weight is 371 g/mol. The van der Waals surface area contributed by atoms with Crippen LogP contribution in [-0.2, 0) is 6.54 Å². The van der Waals surface area contributed by atoms with Crippen molar-refractivity contribution >= 4 is 17.6 Å². The molecule has 1 heterocycles. The zero-order valence-corrected chi connectivity index (χ0v) is 17.2. The van der Waals surface area contributed by atoms with E-state index in [2.05, 4.69) is 15.7 Å². The van der Waals surface area contributed by atoms with E-state index in [4.69, 9.17) is 0 Å². The predicted molar refractivity (Wildman–Crippen MR) is 107 cm³/mol. The molecule has 2 N–H and O–H groups in total. The van der Waals surface area contributed by atoms with Crippen LogP contribution in [0.5, 0.6) is 0 Å². The molecule has 1 aromatic carbocycles. The van der Waals surface area contributed by atoms with E-state index in [1.807, 2.05) is 39.3 Å². The fraction of sp³-hybridized carbons (Fsp3) is 0.450. The Morgan fingerprint density at radius 1 is 1.22 bits per heavy atom. The molecule has 146 valence electrons. The summed E-state index contributed by atoms with van der Waals surface area (Å²) in [5.41, 5.74) is 5.12. The molecule has 7 nitrogen and oxygen atoms in total. The van der Waals surface area contributed by atoms with Crippen LogP contribution < -0.4 is 10.6 Å². The van der Waals surface area contributed by atoms with Crippen LogP contribution in [0.25, 0.3) is 0 Å². The zero-order valence-electron chi connectivity index (χ0n) is 17.2. The topological polar surface area (TPSA) is 79.3 Å². The second kappa shape index (κ2) is 8.24. The van der Waals surface area contributed by atoms with E-state index < -0.39 is 0 Å². The van der Waals surface area contributed by atoms with Crippen LogP contribution in [-0.4, -0.2) is 40.7 Å². The number of urea groups is 1. The number of carbonyl (C=O) groups excluding carboxylic acids is 2. The number of benzene rings is 1. The Balaban J connectivity index is 2.10. The fourth-order valence-corrected chi connectivity index (χ4v) is 3.27. The summed E-state index contributed by atoms with van der Waals surface area (Å²) in [6, 6.07) is 4.79. The fourth-order valence-electron chi connectivity index (χ4n) is 3.27. The van der Waals surface area contributed by atoms with Crippen LogP contribution in [0.2, 0.25) is 0 Å². The molecule has 0 bridgehead atoms. The van der Waals surface area contributed by atoms with E-state index in [-0.39, 0.29) is 18.0 Å². The van der Waals surface area contributed by atoms with Crippen molar-refractivity contribution in [2.45, 2.75) is 47.2 Å². The van der Waals surface area contributed by atoms with E-state index in [9.17, 15) is 9.59 Å². The first-order chi connectivity index (χ1) is 12.6. The van der Waals surface area contributed by atoms with E-state index in [0.29, 0.717) is 11.3 Å². The number of nitrogens with zero attached hydrogens (tertiary/aromatic N) is 3. The molecule has 0 saturated carbocycles. The highest BCUT2D eigenvalue weighted by atomic mass is 16.2. The van der Waals surface area contributed by atoms with Crippen molar-refractivity contribution in [2.24, 2.45) is 0 Å². The number of hydrogen-bond donors (Lipinski definition) is 2. The van der Waals surface area contributed by atoms with E-state index in [0.717, 1.165) is 29.1 Å². The molecule has 2 rings (SSSR count). The molecule has 0 aliphatic rings. The minimum absolute atomic E-state index is 0.0680. The summed E-state index contributed by atoms with van der Waals surface area (Å²) in [7, 11) is 3.42. The van der Waals surface area contributed by atoms with Gasteiger partial charge in [0.15, 0.2) is 0 Å². The number of rotatable bonds is 5. The first-order valence-electron chi connectivity index (χ1n) is 9.09. The Bertz CT molecular complexity index is 854. The summed E-state index contributed by atoms with van der Waals surface area (Å²) in [6.45, 7) is 10.6. The molecular weight excluding hydrogens is 342 g/mol. The van der Waals surface area contributed by atoms with Gasteiger partial charge in [-0.05, 0) is 58.4 Å². The molecule has 3 amide bonds. The number of anilines is 1. The van der Waals surface area contributed by atoms with Crippen molar-refractivity contribution < 1.29 is 9.59 Å². The highest BCUT2D eigenvalue weighted by Crippen LogP contribution is 2.22. The van der Waals surface area contributed by atoms with Gasteiger partial charge in [-0.2, -0.15) is 5.10 Å². The molecule has 1 aromatic heterocycles. The number of amides is 3. The minimum atomic E-state index is -0.291. The molecule has 0 aliphatic heterocycles. The summed E-state index contributed by atoms with van der Waals surface area (Å²) in [4.78, 5) is 26.0. The molecular formula is C20H29N5O2. The summed E-state index contributed by atoms with van der Waals surface area (Å²) in [6.07, 6.45) is 0. The van der Waals surface area contributed by atoms with Gasteiger partial charge >= 0.3 is 6.03 Å². The lowest BCUT2D eigenvalue weighted by Gasteiger charge is -2.17. The minimum Gasteiger partial charge on any atom is -0.345 e. The molecule has 0 unspecified atom stereocenters. The maximum absolute atomic E-state index is 12.4. The predicted octanol–water partition coefficient (Wildman–Crippen LogP) is 3.41. The lowest BCUT2D eigenvalue weighted by molar-refractivity contribution is 0.0827. The summed E-state index contributed by atoms with van der Waals surface area (Å²) < 4.78 is 1.94. The van der Waals surface area contributed by atoms with Crippen molar-refractivity contribution in [3.8, 4) is 0 Å². The Labute approximate surface area is 160 Å². The first kappa shape index (κ1) is 20.5. The largest absolute Gasteiger partial charge is 0.345 e. The summed E-state index contributed by atoms with van der Waals surface area (Å²) in [5, 5.41) is 10.3. The van der Waals surface area contributed by atoms with Crippen LogP contribution in [0.1, 0.15) is 52.8 Å². The highest BCUT2D eigenvalue weighted by Gasteiger charge is 2.19. The number of carbonyl (C=O) groups is 2. The van der Waals surface area contributed by atoms with Gasteiger partial charge in [0.05, 0.1) is 11.7 Å². The van der Waals surface area contributed by atoms with Crippen LogP contribution >= 0.6 is 0 Å². The Morgan fingerprint density at radius 3 is 2.41 bits per heavy atom.